The van der Waals surface area contributed by atoms with Gasteiger partial charge in [-0.3, -0.25) is 0 Å². The Bertz CT molecular complexity index is 584. The average Bonchev–Trinajstić information content (AvgIpc) is 2.44. The van der Waals surface area contributed by atoms with Crippen LogP contribution in [0, 0.1) is 5.92 Å². The SMILES string of the molecule is CC1CCN(CCNS(=O)(=O)c2ccc(Br)c(N)c2)CC1. The first-order valence-corrected chi connectivity index (χ1v) is 9.43. The zero-order chi connectivity index (χ0) is 15.5. The van der Waals surface area contributed by atoms with Gasteiger partial charge in [0.15, 0.2) is 0 Å². The Labute approximate surface area is 135 Å². The molecule has 0 radical (unpaired) electrons. The van der Waals surface area contributed by atoms with Crippen molar-refractivity contribution in [3.05, 3.63) is 22.7 Å². The minimum absolute atomic E-state index is 0.204. The van der Waals surface area contributed by atoms with Crippen LogP contribution in [0.1, 0.15) is 19.8 Å². The van der Waals surface area contributed by atoms with Crippen LogP contribution < -0.4 is 10.5 Å². The maximum Gasteiger partial charge on any atom is 0.240 e. The summed E-state index contributed by atoms with van der Waals surface area (Å²) in [7, 11) is -3.49. The molecule has 1 aliphatic heterocycles. The Hall–Kier alpha value is -0.630. The number of nitrogen functional groups attached to an aromatic ring is 1. The van der Waals surface area contributed by atoms with Gasteiger partial charge in [0, 0.05) is 23.2 Å². The molecule has 21 heavy (non-hydrogen) atoms. The van der Waals surface area contributed by atoms with E-state index < -0.39 is 10.0 Å². The van der Waals surface area contributed by atoms with Gasteiger partial charge in [-0.25, -0.2) is 13.1 Å². The Morgan fingerprint density at radius 3 is 2.67 bits per heavy atom. The topological polar surface area (TPSA) is 75.4 Å². The molecule has 0 amide bonds. The molecule has 1 fully saturated rings. The van der Waals surface area contributed by atoms with Crippen LogP contribution in [-0.2, 0) is 10.0 Å². The van der Waals surface area contributed by atoms with Crippen molar-refractivity contribution in [2.45, 2.75) is 24.7 Å². The van der Waals surface area contributed by atoms with Crippen molar-refractivity contribution in [2.75, 3.05) is 31.9 Å². The van der Waals surface area contributed by atoms with E-state index in [1.807, 2.05) is 0 Å². The van der Waals surface area contributed by atoms with Gasteiger partial charge >= 0.3 is 0 Å². The molecular weight excluding hydrogens is 354 g/mol. The van der Waals surface area contributed by atoms with E-state index in [-0.39, 0.29) is 4.90 Å². The van der Waals surface area contributed by atoms with Gasteiger partial charge in [0.25, 0.3) is 0 Å². The second-order valence-electron chi connectivity index (χ2n) is 5.61. The highest BCUT2D eigenvalue weighted by Crippen LogP contribution is 2.22. The monoisotopic (exact) mass is 375 g/mol. The molecule has 1 saturated heterocycles. The van der Waals surface area contributed by atoms with Crippen molar-refractivity contribution in [2.24, 2.45) is 5.92 Å². The normalized spacial score (nSPS) is 18.0. The van der Waals surface area contributed by atoms with E-state index in [4.69, 9.17) is 5.73 Å². The van der Waals surface area contributed by atoms with E-state index in [0.717, 1.165) is 25.6 Å². The summed E-state index contributed by atoms with van der Waals surface area (Å²) in [6, 6.07) is 4.66. The summed E-state index contributed by atoms with van der Waals surface area (Å²) in [6.07, 6.45) is 2.38. The fourth-order valence-electron chi connectivity index (χ4n) is 2.40. The molecule has 0 bridgehead atoms. The maximum atomic E-state index is 12.2. The van der Waals surface area contributed by atoms with Crippen molar-refractivity contribution in [3.63, 3.8) is 0 Å². The van der Waals surface area contributed by atoms with E-state index in [2.05, 4.69) is 32.5 Å². The van der Waals surface area contributed by atoms with E-state index in [1.165, 1.54) is 18.9 Å². The Morgan fingerprint density at radius 1 is 1.38 bits per heavy atom. The molecule has 5 nitrogen and oxygen atoms in total. The number of hydrogen-bond donors (Lipinski definition) is 2. The maximum absolute atomic E-state index is 12.2. The molecule has 0 atom stereocenters. The lowest BCUT2D eigenvalue weighted by molar-refractivity contribution is 0.195. The number of benzene rings is 1. The van der Waals surface area contributed by atoms with Crippen molar-refractivity contribution in [1.82, 2.24) is 9.62 Å². The summed E-state index contributed by atoms with van der Waals surface area (Å²) in [5.74, 6) is 0.781. The minimum Gasteiger partial charge on any atom is -0.398 e. The molecule has 0 aromatic heterocycles. The highest BCUT2D eigenvalue weighted by molar-refractivity contribution is 9.10. The number of rotatable bonds is 5. The highest BCUT2D eigenvalue weighted by Gasteiger charge is 2.18. The molecular formula is C14H22BrN3O2S. The van der Waals surface area contributed by atoms with Crippen LogP contribution in [0.4, 0.5) is 5.69 Å². The summed E-state index contributed by atoms with van der Waals surface area (Å²) in [5.41, 5.74) is 6.15. The predicted molar refractivity (Wildman–Crippen MR) is 88.6 cm³/mol. The van der Waals surface area contributed by atoms with Crippen LogP contribution in [0.15, 0.2) is 27.6 Å². The zero-order valence-corrected chi connectivity index (χ0v) is 14.6. The number of sulfonamides is 1. The molecule has 0 spiro atoms. The van der Waals surface area contributed by atoms with Gasteiger partial charge in [0.1, 0.15) is 0 Å². The molecule has 0 aliphatic carbocycles. The van der Waals surface area contributed by atoms with Gasteiger partial charge in [-0.15, -0.1) is 0 Å². The fraction of sp³-hybridized carbons (Fsp3) is 0.571. The number of halogens is 1. The molecule has 2 rings (SSSR count). The van der Waals surface area contributed by atoms with Crippen LogP contribution in [0.3, 0.4) is 0 Å². The second kappa shape index (κ2) is 7.09. The van der Waals surface area contributed by atoms with Gasteiger partial charge in [0.05, 0.1) is 4.90 Å². The number of nitrogens with one attached hydrogen (secondary N) is 1. The van der Waals surface area contributed by atoms with Gasteiger partial charge in [-0.1, -0.05) is 6.92 Å². The van der Waals surface area contributed by atoms with E-state index in [1.54, 1.807) is 12.1 Å². The lowest BCUT2D eigenvalue weighted by Crippen LogP contribution is -2.39. The third-order valence-electron chi connectivity index (χ3n) is 3.87. The van der Waals surface area contributed by atoms with Crippen molar-refractivity contribution in [3.8, 4) is 0 Å². The lowest BCUT2D eigenvalue weighted by Gasteiger charge is -2.30. The zero-order valence-electron chi connectivity index (χ0n) is 12.2. The molecule has 1 aromatic rings. The quantitative estimate of drug-likeness (QED) is 0.772. The van der Waals surface area contributed by atoms with E-state index >= 15 is 0 Å². The molecule has 3 N–H and O–H groups in total. The number of anilines is 1. The average molecular weight is 376 g/mol. The predicted octanol–water partition coefficient (Wildman–Crippen LogP) is 2.04. The van der Waals surface area contributed by atoms with Crippen LogP contribution in [0.5, 0.6) is 0 Å². The minimum atomic E-state index is -3.49. The lowest BCUT2D eigenvalue weighted by atomic mass is 9.99. The third kappa shape index (κ3) is 4.67. The van der Waals surface area contributed by atoms with Crippen molar-refractivity contribution >= 4 is 31.6 Å². The molecule has 1 heterocycles. The summed E-state index contributed by atoms with van der Waals surface area (Å²) >= 11 is 3.26. The first kappa shape index (κ1) is 16.7. The second-order valence-corrected chi connectivity index (χ2v) is 8.23. The van der Waals surface area contributed by atoms with Crippen LogP contribution >= 0.6 is 15.9 Å². The molecule has 0 saturated carbocycles. The number of hydrogen-bond acceptors (Lipinski definition) is 4. The highest BCUT2D eigenvalue weighted by atomic mass is 79.9. The van der Waals surface area contributed by atoms with Crippen molar-refractivity contribution in [1.29, 1.82) is 0 Å². The molecule has 118 valence electrons. The fourth-order valence-corrected chi connectivity index (χ4v) is 3.70. The first-order chi connectivity index (χ1) is 9.88. The standard InChI is InChI=1S/C14H22BrN3O2S/c1-11-4-7-18(8-5-11)9-6-17-21(19,20)12-2-3-13(15)14(16)10-12/h2-3,10-11,17H,4-9,16H2,1H3. The molecule has 1 aromatic carbocycles. The largest absolute Gasteiger partial charge is 0.398 e. The Kier molecular flexibility index (Phi) is 5.65. The number of likely N-dealkylation sites (tertiary alicyclic amines) is 1. The number of nitrogens with zero attached hydrogens (tertiary/aromatic N) is 1. The van der Waals surface area contributed by atoms with Crippen molar-refractivity contribution < 1.29 is 8.42 Å². The number of nitrogens with two attached hydrogens (primary N) is 1. The smallest absolute Gasteiger partial charge is 0.240 e. The Morgan fingerprint density at radius 2 is 2.05 bits per heavy atom. The van der Waals surface area contributed by atoms with Gasteiger partial charge in [-0.2, -0.15) is 0 Å². The van der Waals surface area contributed by atoms with E-state index in [9.17, 15) is 8.42 Å². The molecule has 7 heteroatoms. The van der Waals surface area contributed by atoms with Gasteiger partial charge in [0.2, 0.25) is 10.0 Å². The summed E-state index contributed by atoms with van der Waals surface area (Å²) in [6.45, 7) is 5.53. The number of piperidine rings is 1. The first-order valence-electron chi connectivity index (χ1n) is 7.15. The Balaban J connectivity index is 1.88. The summed E-state index contributed by atoms with van der Waals surface area (Å²) < 4.78 is 27.7. The third-order valence-corrected chi connectivity index (χ3v) is 6.06. The molecule has 0 unspecified atom stereocenters. The van der Waals surface area contributed by atoms with E-state index in [0.29, 0.717) is 16.7 Å². The molecule has 1 aliphatic rings. The van der Waals surface area contributed by atoms with Crippen LogP contribution in [-0.4, -0.2) is 39.5 Å². The summed E-state index contributed by atoms with van der Waals surface area (Å²) in [5, 5.41) is 0. The van der Waals surface area contributed by atoms with Gasteiger partial charge < -0.3 is 10.6 Å². The van der Waals surface area contributed by atoms with Crippen LogP contribution in [0.2, 0.25) is 0 Å². The van der Waals surface area contributed by atoms with Gasteiger partial charge in [-0.05, 0) is 66.0 Å². The van der Waals surface area contributed by atoms with Crippen LogP contribution in [0.25, 0.3) is 0 Å². The summed E-state index contributed by atoms with van der Waals surface area (Å²) in [4.78, 5) is 2.51.